The van der Waals surface area contributed by atoms with Crippen LogP contribution in [-0.4, -0.2) is 45.0 Å². The zero-order valence-electron chi connectivity index (χ0n) is 15.5. The molecular formula is C19H25FN4O2. The minimum Gasteiger partial charge on any atom is -0.424 e. The van der Waals surface area contributed by atoms with Gasteiger partial charge >= 0.3 is 0 Å². The van der Waals surface area contributed by atoms with Crippen LogP contribution in [0, 0.1) is 18.7 Å². The maximum Gasteiger partial charge on any atom is 0.230 e. The van der Waals surface area contributed by atoms with Crippen molar-refractivity contribution in [1.82, 2.24) is 20.0 Å². The molecule has 0 aliphatic carbocycles. The van der Waals surface area contributed by atoms with Gasteiger partial charge in [0.2, 0.25) is 17.7 Å². The third-order valence-corrected chi connectivity index (χ3v) is 4.77. The Kier molecular flexibility index (Phi) is 5.66. The van der Waals surface area contributed by atoms with Crippen molar-refractivity contribution in [3.8, 4) is 0 Å². The molecule has 0 unspecified atom stereocenters. The molecule has 7 heteroatoms. The second kappa shape index (κ2) is 7.95. The summed E-state index contributed by atoms with van der Waals surface area (Å²) in [6, 6.07) is 6.42. The summed E-state index contributed by atoms with van der Waals surface area (Å²) in [6.07, 6.45) is 0.442. The smallest absolute Gasteiger partial charge is 0.230 e. The molecule has 1 aliphatic rings. The van der Waals surface area contributed by atoms with Crippen LogP contribution in [0.1, 0.15) is 37.6 Å². The Morgan fingerprint density at radius 3 is 2.58 bits per heavy atom. The first-order valence-electron chi connectivity index (χ1n) is 8.97. The number of carbonyl (C=O) groups excluding carboxylic acids is 1. The van der Waals surface area contributed by atoms with E-state index >= 15 is 0 Å². The fourth-order valence-corrected chi connectivity index (χ4v) is 3.34. The van der Waals surface area contributed by atoms with Gasteiger partial charge in [-0.25, -0.2) is 4.39 Å². The van der Waals surface area contributed by atoms with E-state index in [-0.39, 0.29) is 17.8 Å². The summed E-state index contributed by atoms with van der Waals surface area (Å²) < 4.78 is 18.7. The summed E-state index contributed by atoms with van der Waals surface area (Å²) in [5, 5.41) is 7.93. The summed E-state index contributed by atoms with van der Waals surface area (Å²) in [6.45, 7) is 8.45. The van der Waals surface area contributed by atoms with E-state index in [4.69, 9.17) is 4.42 Å². The highest BCUT2D eigenvalue weighted by Crippen LogP contribution is 2.22. The summed E-state index contributed by atoms with van der Waals surface area (Å²) in [7, 11) is 0. The van der Waals surface area contributed by atoms with Crippen LogP contribution >= 0.6 is 0 Å². The molecule has 0 bridgehead atoms. The molecule has 26 heavy (non-hydrogen) atoms. The quantitative estimate of drug-likeness (QED) is 0.820. The number of carbonyl (C=O) groups is 1. The van der Waals surface area contributed by atoms with Gasteiger partial charge in [-0.2, -0.15) is 0 Å². The van der Waals surface area contributed by atoms with E-state index in [1.807, 2.05) is 4.90 Å². The number of halogens is 1. The van der Waals surface area contributed by atoms with E-state index in [0.717, 1.165) is 12.1 Å². The van der Waals surface area contributed by atoms with Crippen LogP contribution in [0.5, 0.6) is 0 Å². The van der Waals surface area contributed by atoms with Gasteiger partial charge in [-0.3, -0.25) is 9.69 Å². The van der Waals surface area contributed by atoms with Crippen molar-refractivity contribution in [2.24, 2.45) is 5.92 Å². The Morgan fingerprint density at radius 2 is 1.96 bits per heavy atom. The van der Waals surface area contributed by atoms with Gasteiger partial charge in [-0.05, 0) is 23.6 Å². The number of hydrogen-bond donors (Lipinski definition) is 0. The normalized spacial score (nSPS) is 19.2. The number of rotatable bonds is 5. The Morgan fingerprint density at radius 1 is 1.23 bits per heavy atom. The summed E-state index contributed by atoms with van der Waals surface area (Å²) in [4.78, 5) is 16.9. The minimum atomic E-state index is -0.266. The fraction of sp³-hybridized carbons (Fsp3) is 0.526. The monoisotopic (exact) mass is 360 g/mol. The molecule has 2 aromatic rings. The maximum atomic E-state index is 13.2. The number of amides is 1. The maximum absolute atomic E-state index is 13.2. The predicted molar refractivity (Wildman–Crippen MR) is 94.5 cm³/mol. The molecule has 1 atom stereocenters. The van der Waals surface area contributed by atoms with Gasteiger partial charge in [0, 0.05) is 39.0 Å². The molecule has 1 amide bonds. The molecule has 2 heterocycles. The summed E-state index contributed by atoms with van der Waals surface area (Å²) in [5.41, 5.74) is 0.936. The first kappa shape index (κ1) is 18.5. The van der Waals surface area contributed by atoms with Gasteiger partial charge in [-0.15, -0.1) is 10.2 Å². The van der Waals surface area contributed by atoms with Gasteiger partial charge in [-0.1, -0.05) is 26.0 Å². The number of aromatic nitrogens is 2. The van der Waals surface area contributed by atoms with E-state index < -0.39 is 0 Å². The molecule has 1 fully saturated rings. The number of hydrogen-bond acceptors (Lipinski definition) is 5. The molecule has 3 rings (SSSR count). The lowest BCUT2D eigenvalue weighted by molar-refractivity contribution is -0.134. The van der Waals surface area contributed by atoms with Gasteiger partial charge in [0.05, 0.1) is 6.54 Å². The Hall–Kier alpha value is -2.28. The Balaban J connectivity index is 1.75. The number of aryl methyl sites for hydroxylation is 1. The second-order valence-electron chi connectivity index (χ2n) is 7.16. The molecule has 1 saturated heterocycles. The van der Waals surface area contributed by atoms with Crippen LogP contribution in [0.15, 0.2) is 28.7 Å². The Labute approximate surface area is 153 Å². The van der Waals surface area contributed by atoms with Crippen molar-refractivity contribution < 1.29 is 13.6 Å². The van der Waals surface area contributed by atoms with Crippen molar-refractivity contribution in [2.45, 2.75) is 46.3 Å². The molecule has 1 aromatic carbocycles. The van der Waals surface area contributed by atoms with Crippen molar-refractivity contribution >= 4 is 5.91 Å². The van der Waals surface area contributed by atoms with Crippen molar-refractivity contribution in [3.05, 3.63) is 47.4 Å². The molecule has 0 radical (unpaired) electrons. The van der Waals surface area contributed by atoms with Crippen LogP contribution in [0.25, 0.3) is 0 Å². The standard InChI is InChI=1S/C19H25FN4O2/c1-13(2)17-11-23(12-18-22-21-14(3)26-18)9-8-19(25)24(17)10-15-4-6-16(20)7-5-15/h4-7,13,17H,8-12H2,1-3H3/t17-/m1/s1. The van der Waals surface area contributed by atoms with Crippen molar-refractivity contribution in [3.63, 3.8) is 0 Å². The highest BCUT2D eigenvalue weighted by Gasteiger charge is 2.32. The van der Waals surface area contributed by atoms with E-state index in [9.17, 15) is 9.18 Å². The van der Waals surface area contributed by atoms with Crippen molar-refractivity contribution in [2.75, 3.05) is 13.1 Å². The molecule has 6 nitrogen and oxygen atoms in total. The molecule has 1 aromatic heterocycles. The van der Waals surface area contributed by atoms with Crippen LogP contribution < -0.4 is 0 Å². The zero-order chi connectivity index (χ0) is 18.7. The predicted octanol–water partition coefficient (Wildman–Crippen LogP) is 2.78. The van der Waals surface area contributed by atoms with E-state index in [1.54, 1.807) is 19.1 Å². The largest absolute Gasteiger partial charge is 0.424 e. The van der Waals surface area contributed by atoms with Gasteiger partial charge in [0.15, 0.2) is 0 Å². The molecular weight excluding hydrogens is 335 g/mol. The minimum absolute atomic E-state index is 0.0686. The first-order chi connectivity index (χ1) is 12.4. The van der Waals surface area contributed by atoms with Gasteiger partial charge in [0.25, 0.3) is 0 Å². The molecule has 0 spiro atoms. The van der Waals surface area contributed by atoms with Crippen LogP contribution in [0.3, 0.4) is 0 Å². The summed E-state index contributed by atoms with van der Waals surface area (Å²) >= 11 is 0. The average molecular weight is 360 g/mol. The van der Waals surface area contributed by atoms with Crippen LogP contribution in [0.2, 0.25) is 0 Å². The SMILES string of the molecule is Cc1nnc(CN2CCC(=O)N(Cc3ccc(F)cc3)[C@@H](C(C)C)C2)o1. The van der Waals surface area contributed by atoms with Crippen LogP contribution in [0.4, 0.5) is 4.39 Å². The topological polar surface area (TPSA) is 62.5 Å². The average Bonchev–Trinajstić information content (AvgIpc) is 2.94. The lowest BCUT2D eigenvalue weighted by Crippen LogP contribution is -2.45. The first-order valence-corrected chi connectivity index (χ1v) is 8.97. The second-order valence-corrected chi connectivity index (χ2v) is 7.16. The molecule has 140 valence electrons. The Bertz CT molecular complexity index is 744. The lowest BCUT2D eigenvalue weighted by atomic mass is 10.0. The zero-order valence-corrected chi connectivity index (χ0v) is 15.5. The van der Waals surface area contributed by atoms with Crippen molar-refractivity contribution in [1.29, 1.82) is 0 Å². The number of benzene rings is 1. The van der Waals surface area contributed by atoms with Crippen LogP contribution in [-0.2, 0) is 17.9 Å². The molecule has 0 N–H and O–H groups in total. The van der Waals surface area contributed by atoms with Gasteiger partial charge in [0.1, 0.15) is 5.82 Å². The lowest BCUT2D eigenvalue weighted by Gasteiger charge is -2.34. The van der Waals surface area contributed by atoms with E-state index in [2.05, 4.69) is 28.9 Å². The molecule has 0 saturated carbocycles. The highest BCUT2D eigenvalue weighted by molar-refractivity contribution is 5.77. The third-order valence-electron chi connectivity index (χ3n) is 4.77. The highest BCUT2D eigenvalue weighted by atomic mass is 19.1. The number of nitrogens with zero attached hydrogens (tertiary/aromatic N) is 4. The third kappa shape index (κ3) is 4.46. The van der Waals surface area contributed by atoms with Gasteiger partial charge < -0.3 is 9.32 Å². The van der Waals surface area contributed by atoms with E-state index in [1.165, 1.54) is 12.1 Å². The molecule has 1 aliphatic heterocycles. The van der Waals surface area contributed by atoms with E-state index in [0.29, 0.717) is 43.8 Å². The fourth-order valence-electron chi connectivity index (χ4n) is 3.34. The summed E-state index contributed by atoms with van der Waals surface area (Å²) in [5.74, 6) is 1.27.